The molecular weight excluding hydrogens is 597 g/mol. The van der Waals surface area contributed by atoms with Gasteiger partial charge >= 0.3 is 0 Å². The Morgan fingerprint density at radius 3 is 1.41 bits per heavy atom. The third-order valence-corrected chi connectivity index (χ3v) is 10.7. The van der Waals surface area contributed by atoms with E-state index >= 15 is 0 Å². The zero-order valence-electron chi connectivity index (χ0n) is 27.7. The van der Waals surface area contributed by atoms with E-state index in [1.165, 1.54) is 22.3 Å². The first-order valence-corrected chi connectivity index (χ1v) is 16.5. The SMILES string of the molecule is [C-]#[N+]/N=C1/c2cc(-c3ccc(C)cc3)ccc2-c2cc3c(cc21)-c1cc2c(cc1C3(C)C)-c1ccc(-c3ccc(C)cc3)cc1C2=NC#N. The van der Waals surface area contributed by atoms with Crippen LogP contribution < -0.4 is 0 Å². The fraction of sp³-hybridized carbons (Fsp3) is 0.111. The maximum Gasteiger partial charge on any atom is 0.206 e. The van der Waals surface area contributed by atoms with Crippen LogP contribution in [0.1, 0.15) is 58.4 Å². The molecule has 230 valence electrons. The highest BCUT2D eigenvalue weighted by Crippen LogP contribution is 2.55. The van der Waals surface area contributed by atoms with Crippen molar-refractivity contribution in [2.45, 2.75) is 33.1 Å². The van der Waals surface area contributed by atoms with Crippen molar-refractivity contribution < 1.29 is 0 Å². The molecule has 0 bridgehead atoms. The van der Waals surface area contributed by atoms with E-state index in [9.17, 15) is 5.26 Å². The molecule has 0 saturated carbocycles. The van der Waals surface area contributed by atoms with Crippen LogP contribution in [0.25, 0.3) is 60.6 Å². The molecule has 0 heterocycles. The van der Waals surface area contributed by atoms with Crippen molar-refractivity contribution in [1.29, 1.82) is 5.26 Å². The quantitative estimate of drug-likeness (QED) is 0.107. The molecule has 6 aromatic carbocycles. The van der Waals surface area contributed by atoms with Crippen LogP contribution >= 0.6 is 0 Å². The van der Waals surface area contributed by atoms with Crippen LogP contribution in [0.15, 0.2) is 119 Å². The second-order valence-electron chi connectivity index (χ2n) is 13.9. The van der Waals surface area contributed by atoms with Gasteiger partial charge in [-0.1, -0.05) is 97.8 Å². The second kappa shape index (κ2) is 10.3. The van der Waals surface area contributed by atoms with Gasteiger partial charge in [-0.2, -0.15) is 16.8 Å². The molecule has 49 heavy (non-hydrogen) atoms. The van der Waals surface area contributed by atoms with Gasteiger partial charge in [0, 0.05) is 27.7 Å². The van der Waals surface area contributed by atoms with E-state index < -0.39 is 0 Å². The molecular formula is C45H30N4. The molecule has 0 aliphatic heterocycles. The molecule has 9 rings (SSSR count). The Hall–Kier alpha value is -6.36. The molecule has 0 N–H and O–H groups in total. The minimum Gasteiger partial charge on any atom is -0.181 e. The third kappa shape index (κ3) is 4.14. The largest absolute Gasteiger partial charge is 0.206 e. The van der Waals surface area contributed by atoms with E-state index in [4.69, 9.17) is 6.57 Å². The minimum absolute atomic E-state index is 0.270. The predicted molar refractivity (Wildman–Crippen MR) is 199 cm³/mol. The summed E-state index contributed by atoms with van der Waals surface area (Å²) in [5.74, 6) is 0. The van der Waals surface area contributed by atoms with Crippen LogP contribution in [0.5, 0.6) is 0 Å². The van der Waals surface area contributed by atoms with Crippen LogP contribution in [0, 0.1) is 31.9 Å². The lowest BCUT2D eigenvalue weighted by atomic mass is 9.80. The summed E-state index contributed by atoms with van der Waals surface area (Å²) in [6.07, 6.45) is 2.09. The van der Waals surface area contributed by atoms with Crippen LogP contribution in [-0.2, 0) is 5.41 Å². The molecule has 4 heteroatoms. The molecule has 3 aliphatic rings. The van der Waals surface area contributed by atoms with Crippen LogP contribution in [0.3, 0.4) is 0 Å². The molecule has 0 atom stereocenters. The number of rotatable bonds is 2. The van der Waals surface area contributed by atoms with E-state index in [-0.39, 0.29) is 5.41 Å². The van der Waals surface area contributed by atoms with Gasteiger partial charge < -0.3 is 0 Å². The van der Waals surface area contributed by atoms with Crippen LogP contribution in [0.4, 0.5) is 0 Å². The zero-order valence-corrected chi connectivity index (χ0v) is 27.7. The third-order valence-electron chi connectivity index (χ3n) is 10.7. The molecule has 0 saturated heterocycles. The van der Waals surface area contributed by atoms with Crippen molar-refractivity contribution in [3.05, 3.63) is 165 Å². The average molecular weight is 627 g/mol. The molecule has 0 radical (unpaired) electrons. The Morgan fingerprint density at radius 1 is 0.510 bits per heavy atom. The summed E-state index contributed by atoms with van der Waals surface area (Å²) < 4.78 is 0. The summed E-state index contributed by atoms with van der Waals surface area (Å²) in [6.45, 7) is 16.5. The maximum atomic E-state index is 9.83. The Morgan fingerprint density at radius 2 is 0.939 bits per heavy atom. The summed E-state index contributed by atoms with van der Waals surface area (Å²) in [4.78, 5) is 7.92. The number of nitrogens with zero attached hydrogens (tertiary/aromatic N) is 4. The number of nitriles is 1. The highest BCUT2D eigenvalue weighted by atomic mass is 15.2. The molecule has 0 fully saturated rings. The Labute approximate surface area is 286 Å². The van der Waals surface area contributed by atoms with Crippen molar-refractivity contribution in [1.82, 2.24) is 0 Å². The van der Waals surface area contributed by atoms with E-state index in [1.54, 1.807) is 0 Å². The van der Waals surface area contributed by atoms with Crippen LogP contribution in [0.2, 0.25) is 0 Å². The van der Waals surface area contributed by atoms with E-state index in [1.807, 2.05) is 0 Å². The predicted octanol–water partition coefficient (Wildman–Crippen LogP) is 10.9. The van der Waals surface area contributed by atoms with Gasteiger partial charge in [0.2, 0.25) is 6.19 Å². The minimum atomic E-state index is -0.270. The standard InChI is InChI=1S/C45H30N4/c1-25-6-10-27(11-7-25)29-14-16-31-33-22-41-35(20-39(33)43(48-24-46)37(31)18-29)36-21-40-34(23-42(36)45(41,3)4)32-17-15-30(19-38(32)44(40)49-47-5)28-12-8-26(2)9-13-28/h6-23H,1-4H3/b48-43?,49-44-. The van der Waals surface area contributed by atoms with Crippen molar-refractivity contribution in [3.63, 3.8) is 0 Å². The lowest BCUT2D eigenvalue weighted by Crippen LogP contribution is -2.15. The highest BCUT2D eigenvalue weighted by Gasteiger charge is 2.41. The Kier molecular flexibility index (Phi) is 6.07. The van der Waals surface area contributed by atoms with Crippen molar-refractivity contribution in [3.8, 4) is 61.8 Å². The second-order valence-corrected chi connectivity index (χ2v) is 13.9. The summed E-state index contributed by atoms with van der Waals surface area (Å²) >= 11 is 0. The zero-order chi connectivity index (χ0) is 33.6. The Bertz CT molecular complexity index is 2400. The number of aliphatic imine (C=N–C) groups is 1. The first-order chi connectivity index (χ1) is 23.8. The van der Waals surface area contributed by atoms with Gasteiger partial charge in [0.15, 0.2) is 5.71 Å². The summed E-state index contributed by atoms with van der Waals surface area (Å²) in [5, 5.41) is 14.2. The number of hydrogen-bond donors (Lipinski definition) is 0. The van der Waals surface area contributed by atoms with Crippen molar-refractivity contribution in [2.24, 2.45) is 10.1 Å². The van der Waals surface area contributed by atoms with Crippen molar-refractivity contribution >= 4 is 11.4 Å². The first kappa shape index (κ1) is 28.8. The van der Waals surface area contributed by atoms with Gasteiger partial charge in [-0.3, -0.25) is 0 Å². The van der Waals surface area contributed by atoms with E-state index in [0.29, 0.717) is 11.4 Å². The van der Waals surface area contributed by atoms with Gasteiger partial charge in [-0.05, 0) is 117 Å². The molecule has 0 unspecified atom stereocenters. The van der Waals surface area contributed by atoms with Gasteiger partial charge in [0.1, 0.15) is 0 Å². The van der Waals surface area contributed by atoms with Gasteiger partial charge in [0.25, 0.3) is 0 Å². The van der Waals surface area contributed by atoms with E-state index in [2.05, 4.69) is 158 Å². The van der Waals surface area contributed by atoms with Gasteiger partial charge in [-0.25, -0.2) is 0 Å². The molecule has 0 amide bonds. The van der Waals surface area contributed by atoms with Crippen molar-refractivity contribution in [2.75, 3.05) is 0 Å². The first-order valence-electron chi connectivity index (χ1n) is 16.5. The van der Waals surface area contributed by atoms with Gasteiger partial charge in [0.05, 0.1) is 10.8 Å². The highest BCUT2D eigenvalue weighted by molar-refractivity contribution is 6.27. The summed E-state index contributed by atoms with van der Waals surface area (Å²) in [5.41, 5.74) is 21.2. The molecule has 0 aromatic heterocycles. The fourth-order valence-electron chi connectivity index (χ4n) is 8.08. The topological polar surface area (TPSA) is 52.9 Å². The normalized spacial score (nSPS) is 15.6. The smallest absolute Gasteiger partial charge is 0.181 e. The summed E-state index contributed by atoms with van der Waals surface area (Å²) in [6, 6.07) is 39.2. The molecule has 6 aromatic rings. The fourth-order valence-corrected chi connectivity index (χ4v) is 8.08. The molecule has 4 nitrogen and oxygen atoms in total. The summed E-state index contributed by atoms with van der Waals surface area (Å²) in [7, 11) is 0. The van der Waals surface area contributed by atoms with Gasteiger partial charge in [-0.15, -0.1) is 4.95 Å². The maximum absolute atomic E-state index is 9.83. The lowest BCUT2D eigenvalue weighted by Gasteiger charge is -2.22. The van der Waals surface area contributed by atoms with Crippen LogP contribution in [-0.4, -0.2) is 11.4 Å². The Balaban J connectivity index is 1.19. The molecule has 3 aliphatic carbocycles. The number of hydrogen-bond acceptors (Lipinski definition) is 3. The molecule has 0 spiro atoms. The number of aryl methyl sites for hydroxylation is 2. The average Bonchev–Trinajstić information content (AvgIpc) is 3.66. The lowest BCUT2D eigenvalue weighted by molar-refractivity contribution is 0.661. The number of benzene rings is 6. The monoisotopic (exact) mass is 626 g/mol. The number of fused-ring (bicyclic) bond motifs is 9. The van der Waals surface area contributed by atoms with E-state index in [0.717, 1.165) is 77.9 Å².